The molecule has 7 nitrogen and oxygen atoms in total. The third-order valence-corrected chi connectivity index (χ3v) is 4.66. The number of carbonyl (C=O) groups is 1. The molecule has 0 unspecified atom stereocenters. The molecule has 8 heteroatoms. The molecule has 0 heterocycles. The molecular formula is C13H20N2O5S. The maximum absolute atomic E-state index is 12.3. The molecule has 1 aromatic rings. The third-order valence-electron chi connectivity index (χ3n) is 2.86. The van der Waals surface area contributed by atoms with Crippen LogP contribution in [0.3, 0.4) is 0 Å². The van der Waals surface area contributed by atoms with E-state index in [-0.39, 0.29) is 35.8 Å². The first-order chi connectivity index (χ1) is 9.83. The van der Waals surface area contributed by atoms with Crippen molar-refractivity contribution in [2.24, 2.45) is 0 Å². The summed E-state index contributed by atoms with van der Waals surface area (Å²) in [5.74, 6) is -1.27. The van der Waals surface area contributed by atoms with E-state index in [0.29, 0.717) is 6.61 Å². The highest BCUT2D eigenvalue weighted by Gasteiger charge is 2.23. The van der Waals surface area contributed by atoms with E-state index in [1.807, 2.05) is 0 Å². The largest absolute Gasteiger partial charge is 0.478 e. The normalized spacial score (nSPS) is 11.3. The molecule has 0 spiro atoms. The van der Waals surface area contributed by atoms with Gasteiger partial charge in [0.25, 0.3) is 0 Å². The Hall–Kier alpha value is -1.80. The van der Waals surface area contributed by atoms with Crippen molar-refractivity contribution in [1.82, 2.24) is 0 Å². The molecule has 0 fully saturated rings. The fourth-order valence-electron chi connectivity index (χ4n) is 1.85. The minimum atomic E-state index is -3.57. The van der Waals surface area contributed by atoms with Crippen LogP contribution in [-0.2, 0) is 14.8 Å². The summed E-state index contributed by atoms with van der Waals surface area (Å²) in [4.78, 5) is 10.9. The number of anilines is 2. The Labute approximate surface area is 124 Å². The number of nitrogens with zero attached hydrogens (tertiary/aromatic N) is 1. The van der Waals surface area contributed by atoms with Gasteiger partial charge in [-0.15, -0.1) is 0 Å². The van der Waals surface area contributed by atoms with E-state index >= 15 is 0 Å². The number of hydrogen-bond donors (Lipinski definition) is 2. The second-order valence-electron chi connectivity index (χ2n) is 4.26. The lowest BCUT2D eigenvalue weighted by molar-refractivity contribution is 0.0697. The first-order valence-electron chi connectivity index (χ1n) is 6.54. The van der Waals surface area contributed by atoms with Gasteiger partial charge >= 0.3 is 5.97 Å². The summed E-state index contributed by atoms with van der Waals surface area (Å²) < 4.78 is 30.8. The molecule has 0 bridgehead atoms. The lowest BCUT2D eigenvalue weighted by atomic mass is 10.2. The summed E-state index contributed by atoms with van der Waals surface area (Å²) in [6, 6.07) is 3.98. The number of hydrogen-bond acceptors (Lipinski definition) is 5. The van der Waals surface area contributed by atoms with E-state index in [1.165, 1.54) is 18.2 Å². The molecule has 0 aliphatic heterocycles. The van der Waals surface area contributed by atoms with Gasteiger partial charge in [0.1, 0.15) is 0 Å². The zero-order valence-electron chi connectivity index (χ0n) is 12.1. The van der Waals surface area contributed by atoms with Gasteiger partial charge in [-0.1, -0.05) is 0 Å². The number of sulfonamides is 1. The van der Waals surface area contributed by atoms with Crippen molar-refractivity contribution in [3.05, 3.63) is 23.8 Å². The van der Waals surface area contributed by atoms with Crippen molar-refractivity contribution in [3.63, 3.8) is 0 Å². The van der Waals surface area contributed by atoms with Crippen LogP contribution in [0.25, 0.3) is 0 Å². The van der Waals surface area contributed by atoms with Crippen LogP contribution in [-0.4, -0.2) is 45.0 Å². The SMILES string of the molecule is CCOCCS(=O)(=O)N(CC)c1ccc(C(=O)O)cc1N. The highest BCUT2D eigenvalue weighted by atomic mass is 32.2. The Morgan fingerprint density at radius 3 is 2.52 bits per heavy atom. The van der Waals surface area contributed by atoms with Gasteiger partial charge in [-0.3, -0.25) is 4.31 Å². The van der Waals surface area contributed by atoms with Gasteiger partial charge in [-0.25, -0.2) is 13.2 Å². The van der Waals surface area contributed by atoms with Crippen LogP contribution in [0.5, 0.6) is 0 Å². The third kappa shape index (κ3) is 4.33. The molecule has 3 N–H and O–H groups in total. The summed E-state index contributed by atoms with van der Waals surface area (Å²) in [5, 5.41) is 8.90. The van der Waals surface area contributed by atoms with E-state index in [9.17, 15) is 13.2 Å². The standard InChI is InChI=1S/C13H20N2O5S/c1-3-15(21(18,19)8-7-20-4-2)12-6-5-10(13(16)17)9-11(12)14/h5-6,9H,3-4,7-8,14H2,1-2H3,(H,16,17). The number of nitrogens with two attached hydrogens (primary N) is 1. The van der Waals surface area contributed by atoms with Crippen LogP contribution in [0, 0.1) is 0 Å². The first-order valence-corrected chi connectivity index (χ1v) is 8.15. The van der Waals surface area contributed by atoms with Crippen molar-refractivity contribution in [2.75, 3.05) is 35.6 Å². The molecule has 0 amide bonds. The minimum Gasteiger partial charge on any atom is -0.478 e. The first kappa shape index (κ1) is 17.3. The lowest BCUT2D eigenvalue weighted by Crippen LogP contribution is -2.34. The summed E-state index contributed by atoms with van der Waals surface area (Å²) >= 11 is 0. The van der Waals surface area contributed by atoms with Crippen LogP contribution >= 0.6 is 0 Å². The number of nitrogen functional groups attached to an aromatic ring is 1. The lowest BCUT2D eigenvalue weighted by Gasteiger charge is -2.24. The van der Waals surface area contributed by atoms with Gasteiger partial charge in [0.2, 0.25) is 10.0 Å². The van der Waals surface area contributed by atoms with Gasteiger partial charge < -0.3 is 15.6 Å². The van der Waals surface area contributed by atoms with Crippen molar-refractivity contribution in [1.29, 1.82) is 0 Å². The van der Waals surface area contributed by atoms with Gasteiger partial charge in [0.05, 0.1) is 29.3 Å². The van der Waals surface area contributed by atoms with Crippen LogP contribution in [0.1, 0.15) is 24.2 Å². The van der Waals surface area contributed by atoms with Crippen molar-refractivity contribution in [2.45, 2.75) is 13.8 Å². The molecule has 0 aliphatic carbocycles. The number of carboxylic acids is 1. The Balaban J connectivity index is 3.07. The quantitative estimate of drug-likeness (QED) is 0.550. The monoisotopic (exact) mass is 316 g/mol. The molecule has 21 heavy (non-hydrogen) atoms. The van der Waals surface area contributed by atoms with Crippen molar-refractivity contribution in [3.8, 4) is 0 Å². The molecule has 0 saturated carbocycles. The fraction of sp³-hybridized carbons (Fsp3) is 0.462. The summed E-state index contributed by atoms with van der Waals surface area (Å²) in [5.41, 5.74) is 6.18. The van der Waals surface area contributed by atoms with Gasteiger partial charge in [0, 0.05) is 13.2 Å². The smallest absolute Gasteiger partial charge is 0.335 e. The summed E-state index contributed by atoms with van der Waals surface area (Å²) in [6.07, 6.45) is 0. The number of benzene rings is 1. The topological polar surface area (TPSA) is 110 Å². The molecule has 118 valence electrons. The Kier molecular flexibility index (Phi) is 5.98. The molecule has 1 rings (SSSR count). The molecular weight excluding hydrogens is 296 g/mol. The van der Waals surface area contributed by atoms with Gasteiger partial charge in [-0.2, -0.15) is 0 Å². The van der Waals surface area contributed by atoms with Crippen LogP contribution in [0.4, 0.5) is 11.4 Å². The average molecular weight is 316 g/mol. The van der Waals surface area contributed by atoms with E-state index in [4.69, 9.17) is 15.6 Å². The van der Waals surface area contributed by atoms with E-state index in [0.717, 1.165) is 4.31 Å². The van der Waals surface area contributed by atoms with E-state index in [1.54, 1.807) is 13.8 Å². The molecule has 0 aromatic heterocycles. The zero-order chi connectivity index (χ0) is 16.0. The number of rotatable bonds is 8. The number of ether oxygens (including phenoxy) is 1. The Morgan fingerprint density at radius 2 is 2.05 bits per heavy atom. The summed E-state index contributed by atoms with van der Waals surface area (Å²) in [6.45, 7) is 4.21. The van der Waals surface area contributed by atoms with Crippen molar-refractivity contribution >= 4 is 27.4 Å². The van der Waals surface area contributed by atoms with E-state index in [2.05, 4.69) is 0 Å². The fourth-order valence-corrected chi connectivity index (χ4v) is 3.26. The molecule has 0 atom stereocenters. The molecule has 0 radical (unpaired) electrons. The van der Waals surface area contributed by atoms with Crippen LogP contribution in [0.15, 0.2) is 18.2 Å². The Morgan fingerprint density at radius 1 is 1.38 bits per heavy atom. The molecule has 0 aliphatic rings. The second-order valence-corrected chi connectivity index (χ2v) is 6.27. The average Bonchev–Trinajstić information content (AvgIpc) is 2.41. The second kappa shape index (κ2) is 7.28. The van der Waals surface area contributed by atoms with Crippen LogP contribution < -0.4 is 10.0 Å². The Bertz CT molecular complexity index is 601. The number of aromatic carboxylic acids is 1. The maximum atomic E-state index is 12.3. The highest BCUT2D eigenvalue weighted by Crippen LogP contribution is 2.27. The van der Waals surface area contributed by atoms with Crippen molar-refractivity contribution < 1.29 is 23.1 Å². The van der Waals surface area contributed by atoms with Crippen LogP contribution in [0.2, 0.25) is 0 Å². The predicted octanol–water partition coefficient (Wildman–Crippen LogP) is 1.16. The molecule has 1 aromatic carbocycles. The zero-order valence-corrected chi connectivity index (χ0v) is 12.9. The highest BCUT2D eigenvalue weighted by molar-refractivity contribution is 7.92. The van der Waals surface area contributed by atoms with E-state index < -0.39 is 16.0 Å². The maximum Gasteiger partial charge on any atom is 0.335 e. The van der Waals surface area contributed by atoms with Gasteiger partial charge in [-0.05, 0) is 32.0 Å². The minimum absolute atomic E-state index is 0.0130. The summed E-state index contributed by atoms with van der Waals surface area (Å²) in [7, 11) is -3.57. The number of carboxylic acid groups (broad SMARTS) is 1. The predicted molar refractivity (Wildman–Crippen MR) is 81.1 cm³/mol. The molecule has 0 saturated heterocycles. The van der Waals surface area contributed by atoms with Gasteiger partial charge in [0.15, 0.2) is 0 Å².